The number of carboxylic acid groups (broad SMARTS) is 1. The van der Waals surface area contributed by atoms with Gasteiger partial charge in [-0.2, -0.15) is 0 Å². The van der Waals surface area contributed by atoms with Crippen LogP contribution in [0.4, 0.5) is 10.5 Å². The zero-order valence-corrected chi connectivity index (χ0v) is 12.1. The molecule has 1 atom stereocenters. The number of aliphatic carboxylic acids is 1. The molecule has 2 amide bonds. The van der Waals surface area contributed by atoms with Crippen molar-refractivity contribution in [3.63, 3.8) is 0 Å². The molecular formula is C16H20N2O3. The van der Waals surface area contributed by atoms with Gasteiger partial charge in [-0.25, -0.2) is 4.79 Å². The summed E-state index contributed by atoms with van der Waals surface area (Å²) in [6.07, 6.45) is 6.09. The Labute approximate surface area is 125 Å². The zero-order chi connectivity index (χ0) is 15.7. The predicted molar refractivity (Wildman–Crippen MR) is 82.1 cm³/mol. The van der Waals surface area contributed by atoms with Crippen LogP contribution in [0.25, 0.3) is 0 Å². The molecular weight excluding hydrogens is 268 g/mol. The number of urea groups is 1. The van der Waals surface area contributed by atoms with Crippen molar-refractivity contribution in [1.82, 2.24) is 5.32 Å². The summed E-state index contributed by atoms with van der Waals surface area (Å²) in [5, 5.41) is 11.5. The molecule has 0 heterocycles. The minimum Gasteiger partial charge on any atom is -0.481 e. The number of anilines is 1. The topological polar surface area (TPSA) is 69.6 Å². The molecule has 0 fully saturated rings. The van der Waals surface area contributed by atoms with Crippen molar-refractivity contribution in [3.8, 4) is 12.3 Å². The molecule has 0 aliphatic carbocycles. The minimum absolute atomic E-state index is 0.0243. The van der Waals surface area contributed by atoms with E-state index in [0.717, 1.165) is 5.69 Å². The maximum atomic E-state index is 12.3. The number of nitrogens with zero attached hydrogens (tertiary/aromatic N) is 1. The van der Waals surface area contributed by atoms with E-state index in [1.807, 2.05) is 37.3 Å². The molecule has 5 nitrogen and oxygen atoms in total. The number of rotatable bonds is 7. The summed E-state index contributed by atoms with van der Waals surface area (Å²) < 4.78 is 0. The summed E-state index contributed by atoms with van der Waals surface area (Å²) in [6, 6.07) is 8.74. The van der Waals surface area contributed by atoms with Gasteiger partial charge in [-0.3, -0.25) is 9.69 Å². The summed E-state index contributed by atoms with van der Waals surface area (Å²) in [5.74, 6) is 1.63. The number of amides is 2. The average molecular weight is 288 g/mol. The van der Waals surface area contributed by atoms with Crippen LogP contribution < -0.4 is 10.2 Å². The van der Waals surface area contributed by atoms with Crippen molar-refractivity contribution in [2.45, 2.75) is 32.2 Å². The van der Waals surface area contributed by atoms with Gasteiger partial charge in [0.25, 0.3) is 0 Å². The first-order valence-electron chi connectivity index (χ1n) is 6.83. The molecule has 1 aromatic rings. The molecule has 112 valence electrons. The molecule has 1 unspecified atom stereocenters. The Hall–Kier alpha value is -2.48. The van der Waals surface area contributed by atoms with Crippen molar-refractivity contribution in [2.75, 3.05) is 11.4 Å². The van der Waals surface area contributed by atoms with E-state index in [9.17, 15) is 9.59 Å². The van der Waals surface area contributed by atoms with Gasteiger partial charge >= 0.3 is 12.0 Å². The van der Waals surface area contributed by atoms with E-state index in [4.69, 9.17) is 11.5 Å². The number of nitrogens with one attached hydrogen (secondary N) is 1. The molecule has 0 aliphatic heterocycles. The van der Waals surface area contributed by atoms with Crippen molar-refractivity contribution in [2.24, 2.45) is 0 Å². The number of carboxylic acids is 1. The van der Waals surface area contributed by atoms with E-state index in [0.29, 0.717) is 19.4 Å². The van der Waals surface area contributed by atoms with Crippen molar-refractivity contribution in [1.29, 1.82) is 0 Å². The quantitative estimate of drug-likeness (QED) is 0.757. The van der Waals surface area contributed by atoms with E-state index in [1.165, 1.54) is 4.90 Å². The maximum absolute atomic E-state index is 12.3. The van der Waals surface area contributed by atoms with E-state index in [-0.39, 0.29) is 18.5 Å². The Bertz CT molecular complexity index is 508. The first kappa shape index (κ1) is 16.6. The number of benzene rings is 1. The van der Waals surface area contributed by atoms with Crippen LogP contribution in [0.5, 0.6) is 0 Å². The molecule has 21 heavy (non-hydrogen) atoms. The van der Waals surface area contributed by atoms with Gasteiger partial charge in [0.1, 0.15) is 0 Å². The van der Waals surface area contributed by atoms with E-state index in [1.54, 1.807) is 0 Å². The van der Waals surface area contributed by atoms with Gasteiger partial charge in [0.05, 0.1) is 0 Å². The number of carbonyl (C=O) groups excluding carboxylic acids is 1. The molecule has 0 saturated carbocycles. The molecule has 0 radical (unpaired) electrons. The zero-order valence-electron chi connectivity index (χ0n) is 12.1. The van der Waals surface area contributed by atoms with Crippen molar-refractivity contribution < 1.29 is 14.7 Å². The third-order valence-electron chi connectivity index (χ3n) is 2.88. The molecule has 0 aromatic heterocycles. The molecule has 0 bridgehead atoms. The fourth-order valence-corrected chi connectivity index (χ4v) is 1.86. The number of para-hydroxylation sites is 1. The molecule has 0 saturated heterocycles. The minimum atomic E-state index is -0.871. The lowest BCUT2D eigenvalue weighted by molar-refractivity contribution is -0.137. The van der Waals surface area contributed by atoms with E-state index < -0.39 is 5.97 Å². The molecule has 0 spiro atoms. The molecule has 1 rings (SSSR count). The number of terminal acetylenes is 1. The van der Waals surface area contributed by atoms with E-state index in [2.05, 4.69) is 11.2 Å². The number of hydrogen-bond donors (Lipinski definition) is 2. The number of carbonyl (C=O) groups is 2. The van der Waals surface area contributed by atoms with Crippen LogP contribution in [0.1, 0.15) is 26.2 Å². The predicted octanol–water partition coefficient (Wildman–Crippen LogP) is 2.48. The fourth-order valence-electron chi connectivity index (χ4n) is 1.86. The second-order valence-electron chi connectivity index (χ2n) is 4.74. The lowest BCUT2D eigenvalue weighted by Gasteiger charge is -2.24. The Morgan fingerprint density at radius 2 is 2.05 bits per heavy atom. The molecule has 1 aromatic carbocycles. The van der Waals surface area contributed by atoms with Gasteiger partial charge in [-0.1, -0.05) is 18.2 Å². The van der Waals surface area contributed by atoms with Gasteiger partial charge in [-0.05, 0) is 25.5 Å². The summed E-state index contributed by atoms with van der Waals surface area (Å²) in [5.41, 5.74) is 0.730. The SMILES string of the molecule is C#CCC(C)NC(=O)N(CCCC(=O)O)c1ccccc1. The van der Waals surface area contributed by atoms with Crippen LogP contribution >= 0.6 is 0 Å². The summed E-state index contributed by atoms with van der Waals surface area (Å²) in [7, 11) is 0. The summed E-state index contributed by atoms with van der Waals surface area (Å²) in [4.78, 5) is 24.4. The Kier molecular flexibility index (Phi) is 6.82. The molecule has 5 heteroatoms. The highest BCUT2D eigenvalue weighted by molar-refractivity contribution is 5.92. The average Bonchev–Trinajstić information content (AvgIpc) is 2.44. The van der Waals surface area contributed by atoms with Crippen molar-refractivity contribution >= 4 is 17.7 Å². The largest absolute Gasteiger partial charge is 0.481 e. The highest BCUT2D eigenvalue weighted by atomic mass is 16.4. The van der Waals surface area contributed by atoms with Crippen molar-refractivity contribution in [3.05, 3.63) is 30.3 Å². The van der Waals surface area contributed by atoms with Gasteiger partial charge in [0.15, 0.2) is 0 Å². The monoisotopic (exact) mass is 288 g/mol. The third-order valence-corrected chi connectivity index (χ3v) is 2.88. The molecule has 0 aliphatic rings. The maximum Gasteiger partial charge on any atom is 0.322 e. The second-order valence-corrected chi connectivity index (χ2v) is 4.74. The fraction of sp³-hybridized carbons (Fsp3) is 0.375. The lowest BCUT2D eigenvalue weighted by Crippen LogP contribution is -2.44. The number of hydrogen-bond acceptors (Lipinski definition) is 2. The van der Waals surface area contributed by atoms with Crippen LogP contribution in [0, 0.1) is 12.3 Å². The highest BCUT2D eigenvalue weighted by Gasteiger charge is 2.17. The Morgan fingerprint density at radius 1 is 1.38 bits per heavy atom. The van der Waals surface area contributed by atoms with Gasteiger partial charge in [0.2, 0.25) is 0 Å². The smallest absolute Gasteiger partial charge is 0.322 e. The lowest BCUT2D eigenvalue weighted by atomic mass is 10.2. The standard InChI is InChI=1S/C16H20N2O3/c1-3-8-13(2)17-16(21)18(12-7-11-15(19)20)14-9-5-4-6-10-14/h1,4-6,9-10,13H,7-8,11-12H2,2H3,(H,17,21)(H,19,20). The van der Waals surface area contributed by atoms with Gasteiger partial charge in [-0.15, -0.1) is 12.3 Å². The Balaban J connectivity index is 2.74. The van der Waals surface area contributed by atoms with E-state index >= 15 is 0 Å². The second kappa shape index (κ2) is 8.64. The first-order valence-corrected chi connectivity index (χ1v) is 6.83. The van der Waals surface area contributed by atoms with Gasteiger partial charge in [0, 0.05) is 31.1 Å². The van der Waals surface area contributed by atoms with Crippen LogP contribution in [0.15, 0.2) is 30.3 Å². The Morgan fingerprint density at radius 3 is 2.62 bits per heavy atom. The van der Waals surface area contributed by atoms with Crippen LogP contribution in [-0.2, 0) is 4.79 Å². The van der Waals surface area contributed by atoms with Crippen LogP contribution in [0.2, 0.25) is 0 Å². The van der Waals surface area contributed by atoms with Crippen LogP contribution in [-0.4, -0.2) is 29.7 Å². The summed E-state index contributed by atoms with van der Waals surface area (Å²) >= 11 is 0. The molecule has 2 N–H and O–H groups in total. The third kappa shape index (κ3) is 6.00. The first-order chi connectivity index (χ1) is 10.0. The highest BCUT2D eigenvalue weighted by Crippen LogP contribution is 2.14. The summed E-state index contributed by atoms with van der Waals surface area (Å²) in [6.45, 7) is 2.17. The van der Waals surface area contributed by atoms with Gasteiger partial charge < -0.3 is 10.4 Å². The normalized spacial score (nSPS) is 11.2. The van der Waals surface area contributed by atoms with Crippen LogP contribution in [0.3, 0.4) is 0 Å².